The molecule has 3 heterocycles. The predicted molar refractivity (Wildman–Crippen MR) is 117 cm³/mol. The molecule has 0 aliphatic carbocycles. The molecule has 4 aromatic rings. The van der Waals surface area contributed by atoms with Crippen molar-refractivity contribution >= 4 is 11.6 Å². The topological polar surface area (TPSA) is 98.2 Å². The lowest BCUT2D eigenvalue weighted by Crippen LogP contribution is -2.24. The van der Waals surface area contributed by atoms with Gasteiger partial charge in [-0.25, -0.2) is 0 Å². The van der Waals surface area contributed by atoms with Gasteiger partial charge in [-0.05, 0) is 35.2 Å². The molecule has 1 N–H and O–H groups in total. The van der Waals surface area contributed by atoms with E-state index in [1.165, 1.54) is 5.56 Å². The van der Waals surface area contributed by atoms with Gasteiger partial charge in [0.25, 0.3) is 11.8 Å². The van der Waals surface area contributed by atoms with Crippen LogP contribution in [0.4, 0.5) is 0 Å². The molecule has 0 atom stereocenters. The summed E-state index contributed by atoms with van der Waals surface area (Å²) in [6.45, 7) is 10.7. The Morgan fingerprint density at radius 3 is 2.52 bits per heavy atom. The van der Waals surface area contributed by atoms with E-state index in [1.807, 2.05) is 60.8 Å². The van der Waals surface area contributed by atoms with E-state index in [0.29, 0.717) is 34.3 Å². The normalized spacial score (nSPS) is 11.9. The number of nitrogens with one attached hydrogen (secondary N) is 1. The Morgan fingerprint density at radius 2 is 1.87 bits per heavy atom. The summed E-state index contributed by atoms with van der Waals surface area (Å²) in [7, 11) is 0. The standard InChI is InChI=1S/C23H26N6O2/c1-14(2)19-25-22(31-28-19)17-7-6-12-29-18(26-27-20(17)29)13-24-21(30)15-8-10-16(11-9-15)23(3,4)5/h6-12,14H,13H2,1-5H3,(H,24,30). The zero-order valence-electron chi connectivity index (χ0n) is 18.4. The van der Waals surface area contributed by atoms with E-state index < -0.39 is 0 Å². The minimum absolute atomic E-state index is 0.0431. The van der Waals surface area contributed by atoms with Crippen molar-refractivity contribution in [3.05, 3.63) is 65.4 Å². The van der Waals surface area contributed by atoms with Crippen molar-refractivity contribution in [3.8, 4) is 11.5 Å². The largest absolute Gasteiger partial charge is 0.345 e. The van der Waals surface area contributed by atoms with Crippen LogP contribution in [-0.4, -0.2) is 30.6 Å². The molecule has 8 nitrogen and oxygen atoms in total. The molecule has 0 saturated carbocycles. The average Bonchev–Trinajstić information content (AvgIpc) is 3.39. The van der Waals surface area contributed by atoms with E-state index in [9.17, 15) is 4.79 Å². The number of carbonyl (C=O) groups is 1. The third-order valence-electron chi connectivity index (χ3n) is 5.11. The number of hydrogen-bond acceptors (Lipinski definition) is 6. The Hall–Kier alpha value is -3.55. The summed E-state index contributed by atoms with van der Waals surface area (Å²) in [4.78, 5) is 17.0. The van der Waals surface area contributed by atoms with Crippen LogP contribution in [0, 0.1) is 0 Å². The van der Waals surface area contributed by atoms with Crippen molar-refractivity contribution in [2.75, 3.05) is 0 Å². The fraction of sp³-hybridized carbons (Fsp3) is 0.348. The summed E-state index contributed by atoms with van der Waals surface area (Å²) in [5, 5.41) is 15.5. The first-order valence-electron chi connectivity index (χ1n) is 10.3. The molecule has 0 fully saturated rings. The Bertz CT molecular complexity index is 1220. The van der Waals surface area contributed by atoms with Gasteiger partial charge in [0, 0.05) is 17.7 Å². The Labute approximate surface area is 180 Å². The van der Waals surface area contributed by atoms with E-state index in [0.717, 1.165) is 0 Å². The van der Waals surface area contributed by atoms with Gasteiger partial charge < -0.3 is 9.84 Å². The highest BCUT2D eigenvalue weighted by atomic mass is 16.5. The monoisotopic (exact) mass is 418 g/mol. The van der Waals surface area contributed by atoms with Crippen LogP contribution in [0.3, 0.4) is 0 Å². The van der Waals surface area contributed by atoms with Gasteiger partial charge in [0.05, 0.1) is 12.1 Å². The van der Waals surface area contributed by atoms with Crippen LogP contribution in [0.1, 0.15) is 68.1 Å². The van der Waals surface area contributed by atoms with E-state index in [-0.39, 0.29) is 23.8 Å². The summed E-state index contributed by atoms with van der Waals surface area (Å²) >= 11 is 0. The maximum Gasteiger partial charge on any atom is 0.261 e. The maximum atomic E-state index is 12.6. The molecule has 0 saturated heterocycles. The second-order valence-electron chi connectivity index (χ2n) is 8.85. The number of pyridine rings is 1. The van der Waals surface area contributed by atoms with Gasteiger partial charge in [-0.3, -0.25) is 9.20 Å². The van der Waals surface area contributed by atoms with Crippen LogP contribution >= 0.6 is 0 Å². The van der Waals surface area contributed by atoms with Gasteiger partial charge in [-0.15, -0.1) is 10.2 Å². The summed E-state index contributed by atoms with van der Waals surface area (Å²) in [6.07, 6.45) is 1.85. The number of fused-ring (bicyclic) bond motifs is 1. The molecule has 1 amide bonds. The second-order valence-corrected chi connectivity index (χ2v) is 8.85. The number of nitrogens with zero attached hydrogens (tertiary/aromatic N) is 5. The first kappa shape index (κ1) is 20.7. The first-order valence-corrected chi connectivity index (χ1v) is 10.3. The number of benzene rings is 1. The molecule has 8 heteroatoms. The van der Waals surface area contributed by atoms with Crippen LogP contribution in [0.2, 0.25) is 0 Å². The lowest BCUT2D eigenvalue weighted by Gasteiger charge is -2.19. The molecule has 0 bridgehead atoms. The SMILES string of the molecule is CC(C)c1noc(-c2cccn3c(CNC(=O)c4ccc(C(C)(C)C)cc4)nnc23)n1. The van der Waals surface area contributed by atoms with Crippen LogP contribution in [-0.2, 0) is 12.0 Å². The molecule has 0 unspecified atom stereocenters. The number of amides is 1. The Kier molecular flexibility index (Phi) is 5.31. The van der Waals surface area contributed by atoms with E-state index in [1.54, 1.807) is 0 Å². The zero-order chi connectivity index (χ0) is 22.2. The third-order valence-corrected chi connectivity index (χ3v) is 5.11. The predicted octanol–water partition coefficient (Wildman–Crippen LogP) is 4.13. The smallest absolute Gasteiger partial charge is 0.261 e. The highest BCUT2D eigenvalue weighted by Gasteiger charge is 2.18. The van der Waals surface area contributed by atoms with Gasteiger partial charge in [-0.2, -0.15) is 4.98 Å². The molecule has 4 rings (SSSR count). The van der Waals surface area contributed by atoms with Gasteiger partial charge in [-0.1, -0.05) is 51.9 Å². The zero-order valence-corrected chi connectivity index (χ0v) is 18.4. The van der Waals surface area contributed by atoms with Gasteiger partial charge >= 0.3 is 0 Å². The number of hydrogen-bond donors (Lipinski definition) is 1. The minimum atomic E-state index is -0.160. The molecule has 0 aliphatic heterocycles. The summed E-state index contributed by atoms with van der Waals surface area (Å²) in [5.74, 6) is 1.66. The second kappa shape index (κ2) is 7.94. The lowest BCUT2D eigenvalue weighted by atomic mass is 9.87. The van der Waals surface area contributed by atoms with E-state index in [2.05, 4.69) is 46.4 Å². The fourth-order valence-electron chi connectivity index (χ4n) is 3.21. The minimum Gasteiger partial charge on any atom is -0.345 e. The fourth-order valence-corrected chi connectivity index (χ4v) is 3.21. The molecule has 3 aromatic heterocycles. The highest BCUT2D eigenvalue weighted by molar-refractivity contribution is 5.94. The number of aromatic nitrogens is 5. The van der Waals surface area contributed by atoms with Crippen LogP contribution in [0.5, 0.6) is 0 Å². The summed E-state index contributed by atoms with van der Waals surface area (Å²) in [5.41, 5.74) is 3.13. The van der Waals surface area contributed by atoms with Crippen LogP contribution in [0.25, 0.3) is 17.1 Å². The van der Waals surface area contributed by atoms with Crippen molar-refractivity contribution in [2.24, 2.45) is 0 Å². The van der Waals surface area contributed by atoms with Crippen molar-refractivity contribution in [1.82, 2.24) is 30.1 Å². The molecule has 0 spiro atoms. The Balaban J connectivity index is 1.52. The van der Waals surface area contributed by atoms with Crippen LogP contribution < -0.4 is 5.32 Å². The van der Waals surface area contributed by atoms with Crippen molar-refractivity contribution in [3.63, 3.8) is 0 Å². The summed E-state index contributed by atoms with van der Waals surface area (Å²) in [6, 6.07) is 11.4. The molecule has 0 aliphatic rings. The van der Waals surface area contributed by atoms with Crippen molar-refractivity contribution < 1.29 is 9.32 Å². The van der Waals surface area contributed by atoms with E-state index >= 15 is 0 Å². The van der Waals surface area contributed by atoms with E-state index in [4.69, 9.17) is 4.52 Å². The van der Waals surface area contributed by atoms with Crippen molar-refractivity contribution in [2.45, 2.75) is 52.5 Å². The van der Waals surface area contributed by atoms with Gasteiger partial charge in [0.2, 0.25) is 0 Å². The maximum absolute atomic E-state index is 12.6. The average molecular weight is 419 g/mol. The first-order chi connectivity index (χ1) is 14.7. The third kappa shape index (κ3) is 4.19. The summed E-state index contributed by atoms with van der Waals surface area (Å²) < 4.78 is 7.22. The quantitative estimate of drug-likeness (QED) is 0.523. The van der Waals surface area contributed by atoms with Gasteiger partial charge in [0.15, 0.2) is 17.3 Å². The number of carbonyl (C=O) groups excluding carboxylic acids is 1. The van der Waals surface area contributed by atoms with Crippen molar-refractivity contribution in [1.29, 1.82) is 0 Å². The molecular formula is C23H26N6O2. The molecule has 1 aromatic carbocycles. The molecular weight excluding hydrogens is 392 g/mol. The lowest BCUT2D eigenvalue weighted by molar-refractivity contribution is 0.0949. The molecule has 0 radical (unpaired) electrons. The molecule has 160 valence electrons. The Morgan fingerprint density at radius 1 is 1.13 bits per heavy atom. The number of rotatable bonds is 5. The van der Waals surface area contributed by atoms with Gasteiger partial charge in [0.1, 0.15) is 0 Å². The molecule has 31 heavy (non-hydrogen) atoms. The van der Waals surface area contributed by atoms with Crippen LogP contribution in [0.15, 0.2) is 47.1 Å². The highest BCUT2D eigenvalue weighted by Crippen LogP contribution is 2.24.